The molecule has 2 aliphatic heterocycles. The molecule has 192 valence electrons. The maximum atomic E-state index is 13.9. The second-order valence-corrected chi connectivity index (χ2v) is 11.5. The number of carbonyl (C=O) groups excluding carboxylic acids is 1. The summed E-state index contributed by atoms with van der Waals surface area (Å²) in [5.41, 5.74) is -1.75. The lowest BCUT2D eigenvalue weighted by molar-refractivity contribution is -0.137. The molecule has 0 bridgehead atoms. The first-order valence-electron chi connectivity index (χ1n) is 11.4. The lowest BCUT2D eigenvalue weighted by Crippen LogP contribution is -2.59. The Kier molecular flexibility index (Phi) is 6.72. The summed E-state index contributed by atoms with van der Waals surface area (Å²) < 4.78 is 48.7. The van der Waals surface area contributed by atoms with E-state index in [1.54, 1.807) is 30.6 Å². The van der Waals surface area contributed by atoms with Crippen molar-refractivity contribution in [3.05, 3.63) is 27.1 Å². The van der Waals surface area contributed by atoms with Gasteiger partial charge in [-0.1, -0.05) is 11.6 Å². The van der Waals surface area contributed by atoms with E-state index < -0.39 is 34.1 Å². The number of amides is 1. The van der Waals surface area contributed by atoms with E-state index >= 15 is 0 Å². The first-order valence-corrected chi connectivity index (χ1v) is 12.8. The average molecular weight is 533 g/mol. The van der Waals surface area contributed by atoms with Gasteiger partial charge >= 0.3 is 18.0 Å². The first kappa shape index (κ1) is 25.9. The fourth-order valence-corrected chi connectivity index (χ4v) is 6.21. The maximum absolute atomic E-state index is 13.9. The van der Waals surface area contributed by atoms with E-state index in [1.807, 2.05) is 13.8 Å². The molecule has 0 aliphatic carbocycles. The number of piperazine rings is 1. The Morgan fingerprint density at radius 1 is 1.20 bits per heavy atom. The van der Waals surface area contributed by atoms with Gasteiger partial charge < -0.3 is 9.64 Å². The molecular formula is C23H28ClF3N4O3S. The number of thioether (sulfide) groups is 1. The topological polar surface area (TPSA) is 67.7 Å². The fourth-order valence-electron chi connectivity index (χ4n) is 4.72. The van der Waals surface area contributed by atoms with E-state index in [4.69, 9.17) is 16.3 Å². The van der Waals surface area contributed by atoms with Gasteiger partial charge in [0.05, 0.1) is 33.1 Å². The van der Waals surface area contributed by atoms with Gasteiger partial charge in [-0.25, -0.2) is 9.59 Å². The normalized spacial score (nSPS) is 21.3. The van der Waals surface area contributed by atoms with E-state index in [0.29, 0.717) is 24.2 Å². The van der Waals surface area contributed by atoms with Crippen LogP contribution in [0.5, 0.6) is 0 Å². The van der Waals surface area contributed by atoms with Crippen molar-refractivity contribution in [2.45, 2.75) is 76.3 Å². The number of nitrogens with zero attached hydrogens (tertiary/aromatic N) is 4. The van der Waals surface area contributed by atoms with Gasteiger partial charge in [-0.2, -0.15) is 18.2 Å². The van der Waals surface area contributed by atoms with E-state index in [2.05, 4.69) is 4.98 Å². The van der Waals surface area contributed by atoms with Crippen molar-refractivity contribution in [3.63, 3.8) is 0 Å². The van der Waals surface area contributed by atoms with Crippen molar-refractivity contribution in [1.82, 2.24) is 14.5 Å². The summed E-state index contributed by atoms with van der Waals surface area (Å²) in [6, 6.07) is 0.347. The smallest absolute Gasteiger partial charge is 0.417 e. The monoisotopic (exact) mass is 532 g/mol. The highest BCUT2D eigenvalue weighted by Crippen LogP contribution is 2.46. The molecule has 0 N–H and O–H groups in total. The number of hydrogen-bond donors (Lipinski definition) is 0. The number of aryl methyl sites for hydroxylation is 1. The molecule has 2 atom stereocenters. The molecule has 0 saturated carbocycles. The van der Waals surface area contributed by atoms with Crippen LogP contribution in [0.25, 0.3) is 10.9 Å². The SMILES string of the molecule is CC1CN(c2nc(=O)n3c4c(c(Cl)c(C(F)(F)F)cc24)SCCC3)CC(C)N1C(=O)OC(C)(C)C. The molecular weight excluding hydrogens is 505 g/mol. The number of rotatable bonds is 1. The lowest BCUT2D eigenvalue weighted by Gasteiger charge is -2.45. The van der Waals surface area contributed by atoms with Crippen LogP contribution in [0.15, 0.2) is 15.8 Å². The molecule has 7 nitrogen and oxygen atoms in total. The molecule has 12 heteroatoms. The van der Waals surface area contributed by atoms with E-state index in [9.17, 15) is 22.8 Å². The minimum Gasteiger partial charge on any atom is -0.444 e. The quantitative estimate of drug-likeness (QED) is 0.490. The third kappa shape index (κ3) is 4.94. The van der Waals surface area contributed by atoms with Gasteiger partial charge in [-0.15, -0.1) is 11.8 Å². The summed E-state index contributed by atoms with van der Waals surface area (Å²) in [6.45, 7) is 9.94. The van der Waals surface area contributed by atoms with Crippen molar-refractivity contribution < 1.29 is 22.7 Å². The van der Waals surface area contributed by atoms with Crippen LogP contribution in [0.3, 0.4) is 0 Å². The minimum atomic E-state index is -4.66. The third-order valence-corrected chi connectivity index (χ3v) is 7.72. The standard InChI is InChI=1S/C23H28ClF3N4O3S/c1-12-10-29(11-13(2)31(12)21(33)34-22(3,4)5)19-14-9-15(23(25,26)27)16(24)18-17(14)30(20(32)28-19)7-6-8-35-18/h9,12-13H,6-8,10-11H2,1-5H3. The Hall–Kier alpha value is -2.14. The summed E-state index contributed by atoms with van der Waals surface area (Å²) in [5, 5.41) is -0.158. The van der Waals surface area contributed by atoms with Crippen molar-refractivity contribution in [1.29, 1.82) is 0 Å². The number of hydrogen-bond acceptors (Lipinski definition) is 6. The molecule has 0 radical (unpaired) electrons. The van der Waals surface area contributed by atoms with Crippen molar-refractivity contribution in [2.75, 3.05) is 23.7 Å². The predicted octanol–water partition coefficient (Wildman–Crippen LogP) is 5.40. The zero-order chi connectivity index (χ0) is 25.9. The molecule has 2 aliphatic rings. The Labute approximate surface area is 210 Å². The van der Waals surface area contributed by atoms with Gasteiger partial charge in [0.1, 0.15) is 11.4 Å². The Balaban J connectivity index is 1.83. The summed E-state index contributed by atoms with van der Waals surface area (Å²) in [4.78, 5) is 33.7. The van der Waals surface area contributed by atoms with Crippen molar-refractivity contribution in [3.8, 4) is 0 Å². The van der Waals surface area contributed by atoms with E-state index in [1.165, 1.54) is 16.3 Å². The van der Waals surface area contributed by atoms with Gasteiger partial charge in [-0.3, -0.25) is 9.47 Å². The molecule has 1 aromatic carbocycles. The highest BCUT2D eigenvalue weighted by molar-refractivity contribution is 7.99. The van der Waals surface area contributed by atoms with Gasteiger partial charge in [0, 0.05) is 25.0 Å². The summed E-state index contributed by atoms with van der Waals surface area (Å²) in [5.74, 6) is 0.713. The number of anilines is 1. The van der Waals surface area contributed by atoms with Gasteiger partial charge in [-0.05, 0) is 52.9 Å². The second-order valence-electron chi connectivity index (χ2n) is 10.0. The van der Waals surface area contributed by atoms with Crippen molar-refractivity contribution in [2.24, 2.45) is 0 Å². The maximum Gasteiger partial charge on any atom is 0.417 e. The molecule has 1 aromatic heterocycles. The minimum absolute atomic E-state index is 0.176. The highest BCUT2D eigenvalue weighted by Gasteiger charge is 2.39. The molecule has 2 unspecified atom stereocenters. The highest BCUT2D eigenvalue weighted by atomic mass is 35.5. The molecule has 1 amide bonds. The summed E-state index contributed by atoms with van der Waals surface area (Å²) in [7, 11) is 0. The van der Waals surface area contributed by atoms with Gasteiger partial charge in [0.2, 0.25) is 0 Å². The second kappa shape index (κ2) is 9.06. The van der Waals surface area contributed by atoms with Crippen LogP contribution in [0, 0.1) is 0 Å². The number of ether oxygens (including phenoxy) is 1. The predicted molar refractivity (Wildman–Crippen MR) is 131 cm³/mol. The number of carbonyl (C=O) groups is 1. The number of benzene rings is 1. The van der Waals surface area contributed by atoms with Crippen LogP contribution in [0.2, 0.25) is 5.02 Å². The lowest BCUT2D eigenvalue weighted by atomic mass is 10.1. The largest absolute Gasteiger partial charge is 0.444 e. The molecule has 4 rings (SSSR count). The third-order valence-electron chi connectivity index (χ3n) is 6.04. The van der Waals surface area contributed by atoms with Crippen LogP contribution in [-0.4, -0.2) is 57.1 Å². The first-order chi connectivity index (χ1) is 16.2. The molecule has 1 fully saturated rings. The van der Waals surface area contributed by atoms with Crippen LogP contribution >= 0.6 is 23.4 Å². The number of alkyl halides is 3. The Morgan fingerprint density at radius 2 is 1.83 bits per heavy atom. The summed E-state index contributed by atoms with van der Waals surface area (Å²) >= 11 is 7.47. The van der Waals surface area contributed by atoms with Gasteiger partial charge in [0.25, 0.3) is 0 Å². The van der Waals surface area contributed by atoms with E-state index in [-0.39, 0.29) is 41.3 Å². The fraction of sp³-hybridized carbons (Fsp3) is 0.609. The zero-order valence-electron chi connectivity index (χ0n) is 20.2. The van der Waals surface area contributed by atoms with Crippen LogP contribution in [-0.2, 0) is 17.5 Å². The zero-order valence-corrected chi connectivity index (χ0v) is 21.8. The number of aromatic nitrogens is 2. The molecule has 35 heavy (non-hydrogen) atoms. The average Bonchev–Trinajstić information content (AvgIpc) is 2.93. The Morgan fingerprint density at radius 3 is 2.40 bits per heavy atom. The number of halogens is 4. The molecule has 2 aromatic rings. The summed E-state index contributed by atoms with van der Waals surface area (Å²) in [6.07, 6.45) is -4.51. The van der Waals surface area contributed by atoms with E-state index in [0.717, 1.165) is 6.07 Å². The van der Waals surface area contributed by atoms with Crippen LogP contribution in [0.1, 0.15) is 46.6 Å². The van der Waals surface area contributed by atoms with Crippen molar-refractivity contribution >= 4 is 46.2 Å². The van der Waals surface area contributed by atoms with Crippen LogP contribution < -0.4 is 10.6 Å². The molecule has 0 spiro atoms. The molecule has 1 saturated heterocycles. The Bertz CT molecular complexity index is 1220. The van der Waals surface area contributed by atoms with Gasteiger partial charge in [0.15, 0.2) is 0 Å². The van der Waals surface area contributed by atoms with Crippen LogP contribution in [0.4, 0.5) is 23.8 Å². The molecule has 3 heterocycles.